The lowest BCUT2D eigenvalue weighted by molar-refractivity contribution is -0.137. The molecule has 0 atom stereocenters. The SMILES string of the molecule is CCOC(=O)/C=C(\OC)C(Cl)(Cl)Cl. The number of rotatable bonds is 3. The van der Waals surface area contributed by atoms with Crippen LogP contribution in [0.2, 0.25) is 0 Å². The van der Waals surface area contributed by atoms with E-state index in [4.69, 9.17) is 39.5 Å². The van der Waals surface area contributed by atoms with Gasteiger partial charge >= 0.3 is 5.97 Å². The second-order valence-corrected chi connectivity index (χ2v) is 4.24. The van der Waals surface area contributed by atoms with E-state index in [1.54, 1.807) is 6.92 Å². The Morgan fingerprint density at radius 3 is 2.31 bits per heavy atom. The van der Waals surface area contributed by atoms with Gasteiger partial charge in [0.1, 0.15) is 0 Å². The largest absolute Gasteiger partial charge is 0.496 e. The van der Waals surface area contributed by atoms with E-state index in [1.807, 2.05) is 0 Å². The normalized spacial score (nSPS) is 12.5. The van der Waals surface area contributed by atoms with E-state index in [1.165, 1.54) is 7.11 Å². The molecule has 0 aromatic rings. The number of hydrogen-bond donors (Lipinski definition) is 0. The number of halogens is 3. The third-order valence-electron chi connectivity index (χ3n) is 1.03. The fraction of sp³-hybridized carbons (Fsp3) is 0.571. The fourth-order valence-electron chi connectivity index (χ4n) is 0.547. The van der Waals surface area contributed by atoms with Crippen LogP contribution < -0.4 is 0 Å². The maximum atomic E-state index is 10.9. The van der Waals surface area contributed by atoms with Crippen molar-refractivity contribution >= 4 is 40.8 Å². The Balaban J connectivity index is 4.48. The highest BCUT2D eigenvalue weighted by molar-refractivity contribution is 6.69. The summed E-state index contributed by atoms with van der Waals surface area (Å²) in [6.45, 7) is 1.93. The van der Waals surface area contributed by atoms with Crippen LogP contribution in [-0.4, -0.2) is 23.5 Å². The highest BCUT2D eigenvalue weighted by atomic mass is 35.6. The van der Waals surface area contributed by atoms with Gasteiger partial charge in [-0.2, -0.15) is 0 Å². The molecule has 76 valence electrons. The van der Waals surface area contributed by atoms with Crippen LogP contribution in [0.3, 0.4) is 0 Å². The van der Waals surface area contributed by atoms with Gasteiger partial charge in [-0.15, -0.1) is 0 Å². The zero-order chi connectivity index (χ0) is 10.5. The molecule has 6 heteroatoms. The van der Waals surface area contributed by atoms with Crippen LogP contribution in [0.5, 0.6) is 0 Å². The quantitative estimate of drug-likeness (QED) is 0.333. The second kappa shape index (κ2) is 5.58. The molecule has 3 nitrogen and oxygen atoms in total. The number of ether oxygens (including phenoxy) is 2. The monoisotopic (exact) mass is 246 g/mol. The Labute approximate surface area is 91.5 Å². The number of alkyl halides is 3. The Kier molecular flexibility index (Phi) is 5.53. The minimum absolute atomic E-state index is 0.0732. The van der Waals surface area contributed by atoms with Gasteiger partial charge in [-0.05, 0) is 6.92 Å². The van der Waals surface area contributed by atoms with Gasteiger partial charge in [0.2, 0.25) is 3.79 Å². The van der Waals surface area contributed by atoms with E-state index in [9.17, 15) is 4.79 Å². The van der Waals surface area contributed by atoms with Gasteiger partial charge in [-0.3, -0.25) is 0 Å². The van der Waals surface area contributed by atoms with Crippen LogP contribution in [0.1, 0.15) is 6.92 Å². The highest BCUT2D eigenvalue weighted by Crippen LogP contribution is 2.34. The molecule has 0 aliphatic rings. The molecule has 0 unspecified atom stereocenters. The number of carbonyl (C=O) groups is 1. The molecule has 0 amide bonds. The molecule has 0 rings (SSSR count). The molecule has 0 radical (unpaired) electrons. The summed E-state index contributed by atoms with van der Waals surface area (Å²) in [6, 6.07) is 0. The zero-order valence-electron chi connectivity index (χ0n) is 7.14. The summed E-state index contributed by atoms with van der Waals surface area (Å²) in [5.41, 5.74) is 0. The first-order valence-electron chi connectivity index (χ1n) is 3.41. The summed E-state index contributed by atoms with van der Waals surface area (Å²) in [5, 5.41) is 0. The van der Waals surface area contributed by atoms with E-state index >= 15 is 0 Å². The van der Waals surface area contributed by atoms with Crippen molar-refractivity contribution in [1.29, 1.82) is 0 Å². The third kappa shape index (κ3) is 5.24. The van der Waals surface area contributed by atoms with E-state index < -0.39 is 9.76 Å². The molecule has 0 spiro atoms. The topological polar surface area (TPSA) is 35.5 Å². The number of allylic oxidation sites excluding steroid dienone is 1. The Morgan fingerprint density at radius 2 is 2.00 bits per heavy atom. The van der Waals surface area contributed by atoms with Gasteiger partial charge in [-0.1, -0.05) is 34.8 Å². The first-order chi connectivity index (χ1) is 5.91. The van der Waals surface area contributed by atoms with Crippen LogP contribution in [0.25, 0.3) is 0 Å². The number of methoxy groups -OCH3 is 1. The van der Waals surface area contributed by atoms with Gasteiger partial charge in [0.25, 0.3) is 0 Å². The van der Waals surface area contributed by atoms with Crippen molar-refractivity contribution in [3.63, 3.8) is 0 Å². The average Bonchev–Trinajstić information content (AvgIpc) is 1.98. The summed E-state index contributed by atoms with van der Waals surface area (Å²) < 4.78 is 7.55. The lowest BCUT2D eigenvalue weighted by Gasteiger charge is -2.13. The summed E-state index contributed by atoms with van der Waals surface area (Å²) in [5.74, 6) is -0.679. The minimum atomic E-state index is -1.75. The molecule has 0 fully saturated rings. The average molecular weight is 248 g/mol. The lowest BCUT2D eigenvalue weighted by atomic mass is 10.5. The molecule has 0 N–H and O–H groups in total. The van der Waals surface area contributed by atoms with Crippen LogP contribution in [-0.2, 0) is 14.3 Å². The number of esters is 1. The zero-order valence-corrected chi connectivity index (χ0v) is 9.41. The predicted molar refractivity (Wildman–Crippen MR) is 52.0 cm³/mol. The molecule has 0 aromatic heterocycles. The van der Waals surface area contributed by atoms with E-state index in [-0.39, 0.29) is 12.4 Å². The summed E-state index contributed by atoms with van der Waals surface area (Å²) in [7, 11) is 1.30. The number of carbonyl (C=O) groups excluding carboxylic acids is 1. The van der Waals surface area contributed by atoms with E-state index in [2.05, 4.69) is 4.74 Å². The molecule has 0 bridgehead atoms. The highest BCUT2D eigenvalue weighted by Gasteiger charge is 2.28. The lowest BCUT2D eigenvalue weighted by Crippen LogP contribution is -2.12. The van der Waals surface area contributed by atoms with Crippen molar-refractivity contribution < 1.29 is 14.3 Å². The minimum Gasteiger partial charge on any atom is -0.496 e. The third-order valence-corrected chi connectivity index (χ3v) is 1.59. The van der Waals surface area contributed by atoms with Gasteiger partial charge in [0, 0.05) is 0 Å². The van der Waals surface area contributed by atoms with Crippen LogP contribution in [0.15, 0.2) is 11.8 Å². The molecule has 13 heavy (non-hydrogen) atoms. The van der Waals surface area contributed by atoms with Crippen molar-refractivity contribution in [3.8, 4) is 0 Å². The Morgan fingerprint density at radius 1 is 1.46 bits per heavy atom. The smallest absolute Gasteiger partial charge is 0.334 e. The van der Waals surface area contributed by atoms with Gasteiger partial charge in [0.05, 0.1) is 19.8 Å². The first-order valence-corrected chi connectivity index (χ1v) is 4.54. The molecule has 0 aliphatic carbocycles. The first kappa shape index (κ1) is 12.9. The fourth-order valence-corrected chi connectivity index (χ4v) is 0.943. The number of hydrogen-bond acceptors (Lipinski definition) is 3. The summed E-state index contributed by atoms with van der Waals surface area (Å²) in [4.78, 5) is 10.9. The van der Waals surface area contributed by atoms with Crippen LogP contribution in [0.4, 0.5) is 0 Å². The van der Waals surface area contributed by atoms with Gasteiger partial charge in [-0.25, -0.2) is 4.79 Å². The van der Waals surface area contributed by atoms with E-state index in [0.29, 0.717) is 0 Å². The predicted octanol–water partition coefficient (Wildman–Crippen LogP) is 2.45. The van der Waals surface area contributed by atoms with Crippen molar-refractivity contribution in [3.05, 3.63) is 11.8 Å². The van der Waals surface area contributed by atoms with Crippen LogP contribution >= 0.6 is 34.8 Å². The Bertz CT molecular complexity index is 208. The van der Waals surface area contributed by atoms with Crippen LogP contribution in [0, 0.1) is 0 Å². The van der Waals surface area contributed by atoms with E-state index in [0.717, 1.165) is 6.08 Å². The van der Waals surface area contributed by atoms with Crippen molar-refractivity contribution in [2.75, 3.05) is 13.7 Å². The molecule has 0 saturated carbocycles. The standard InChI is InChI=1S/C7H9Cl3O3/c1-3-13-6(11)4-5(12-2)7(8,9)10/h4H,3H2,1-2H3/b5-4-. The Hall–Kier alpha value is -0.120. The summed E-state index contributed by atoms with van der Waals surface area (Å²) in [6.07, 6.45) is 0.997. The molecule has 0 saturated heterocycles. The second-order valence-electron chi connectivity index (χ2n) is 1.96. The maximum absolute atomic E-state index is 10.9. The molecule has 0 aliphatic heterocycles. The summed E-state index contributed by atoms with van der Waals surface area (Å²) >= 11 is 16.4. The van der Waals surface area contributed by atoms with Crippen molar-refractivity contribution in [2.24, 2.45) is 0 Å². The maximum Gasteiger partial charge on any atom is 0.334 e. The van der Waals surface area contributed by atoms with Gasteiger partial charge in [0.15, 0.2) is 5.76 Å². The molecule has 0 heterocycles. The van der Waals surface area contributed by atoms with Crippen molar-refractivity contribution in [2.45, 2.75) is 10.7 Å². The van der Waals surface area contributed by atoms with Gasteiger partial charge < -0.3 is 9.47 Å². The molecular weight excluding hydrogens is 238 g/mol. The van der Waals surface area contributed by atoms with Crippen molar-refractivity contribution in [1.82, 2.24) is 0 Å². The molecular formula is C7H9Cl3O3. The molecule has 0 aromatic carbocycles.